The number of benzene rings is 2. The second-order valence-corrected chi connectivity index (χ2v) is 4.52. The highest BCUT2D eigenvalue weighted by molar-refractivity contribution is 6.30. The second kappa shape index (κ2) is 6.36. The van der Waals surface area contributed by atoms with E-state index >= 15 is 0 Å². The molecule has 0 amide bonds. The Morgan fingerprint density at radius 3 is 2.65 bits per heavy atom. The Hall–Kier alpha value is -2.11. The van der Waals surface area contributed by atoms with E-state index in [-0.39, 0.29) is 18.9 Å². The quantitative estimate of drug-likeness (QED) is 0.678. The standard InChI is InChI=1S/C14H12ClNO4/c15-12-6-5-11(13(7-12)16(18)19)9-20-14-4-2-1-3-10(14)8-17/h1-7,17H,8-9H2. The van der Waals surface area contributed by atoms with Gasteiger partial charge in [0.15, 0.2) is 0 Å². The summed E-state index contributed by atoms with van der Waals surface area (Å²) in [7, 11) is 0. The van der Waals surface area contributed by atoms with Crippen LogP contribution in [0.4, 0.5) is 5.69 Å². The van der Waals surface area contributed by atoms with Crippen molar-refractivity contribution in [1.29, 1.82) is 0 Å². The van der Waals surface area contributed by atoms with E-state index in [0.29, 0.717) is 21.9 Å². The first-order valence-electron chi connectivity index (χ1n) is 5.86. The lowest BCUT2D eigenvalue weighted by atomic mass is 10.2. The Morgan fingerprint density at radius 1 is 1.20 bits per heavy atom. The first-order chi connectivity index (χ1) is 9.61. The molecule has 0 saturated carbocycles. The minimum absolute atomic E-state index is 0.0322. The summed E-state index contributed by atoms with van der Waals surface area (Å²) in [5.41, 5.74) is 0.968. The summed E-state index contributed by atoms with van der Waals surface area (Å²) >= 11 is 5.75. The molecule has 0 aliphatic rings. The van der Waals surface area contributed by atoms with Crippen molar-refractivity contribution in [1.82, 2.24) is 0 Å². The van der Waals surface area contributed by atoms with Crippen LogP contribution in [-0.4, -0.2) is 10.0 Å². The van der Waals surface area contributed by atoms with Crippen LogP contribution in [0.15, 0.2) is 42.5 Å². The molecule has 0 aromatic heterocycles. The predicted octanol–water partition coefficient (Wildman–Crippen LogP) is 3.32. The first-order valence-corrected chi connectivity index (χ1v) is 6.24. The zero-order chi connectivity index (χ0) is 14.5. The number of aliphatic hydroxyl groups excluding tert-OH is 1. The molecule has 0 spiro atoms. The number of rotatable bonds is 5. The maximum Gasteiger partial charge on any atom is 0.277 e. The number of nitro benzene ring substituents is 1. The summed E-state index contributed by atoms with van der Waals surface area (Å²) in [5.74, 6) is 0.499. The molecule has 0 aliphatic heterocycles. The SMILES string of the molecule is O=[N+]([O-])c1cc(Cl)ccc1COc1ccccc1CO. The van der Waals surface area contributed by atoms with Gasteiger partial charge in [0.05, 0.1) is 17.1 Å². The normalized spacial score (nSPS) is 10.3. The van der Waals surface area contributed by atoms with E-state index in [4.69, 9.17) is 16.3 Å². The number of ether oxygens (including phenoxy) is 1. The van der Waals surface area contributed by atoms with Gasteiger partial charge in [-0.25, -0.2) is 0 Å². The Kier molecular flexibility index (Phi) is 4.55. The van der Waals surface area contributed by atoms with Gasteiger partial charge in [0.1, 0.15) is 12.4 Å². The minimum Gasteiger partial charge on any atom is -0.488 e. The summed E-state index contributed by atoms with van der Waals surface area (Å²) in [6.07, 6.45) is 0. The molecule has 104 valence electrons. The molecule has 2 rings (SSSR count). The number of para-hydroxylation sites is 1. The first kappa shape index (κ1) is 14.3. The molecule has 0 unspecified atom stereocenters. The van der Waals surface area contributed by atoms with Gasteiger partial charge < -0.3 is 9.84 Å². The van der Waals surface area contributed by atoms with Crippen molar-refractivity contribution in [2.75, 3.05) is 0 Å². The van der Waals surface area contributed by atoms with Gasteiger partial charge in [-0.05, 0) is 18.2 Å². The van der Waals surface area contributed by atoms with E-state index in [2.05, 4.69) is 0 Å². The largest absolute Gasteiger partial charge is 0.488 e. The molecule has 20 heavy (non-hydrogen) atoms. The Morgan fingerprint density at radius 2 is 1.95 bits per heavy atom. The summed E-state index contributed by atoms with van der Waals surface area (Å²) in [6, 6.07) is 11.4. The van der Waals surface area contributed by atoms with Gasteiger partial charge in [0.25, 0.3) is 5.69 Å². The molecule has 0 fully saturated rings. The van der Waals surface area contributed by atoms with Crippen LogP contribution in [0.5, 0.6) is 5.75 Å². The second-order valence-electron chi connectivity index (χ2n) is 4.08. The van der Waals surface area contributed by atoms with E-state index in [1.807, 2.05) is 0 Å². The zero-order valence-electron chi connectivity index (χ0n) is 10.5. The average Bonchev–Trinajstić information content (AvgIpc) is 2.46. The van der Waals surface area contributed by atoms with Crippen molar-refractivity contribution in [2.24, 2.45) is 0 Å². The third-order valence-electron chi connectivity index (χ3n) is 2.77. The summed E-state index contributed by atoms with van der Waals surface area (Å²) in [5, 5.41) is 20.5. The molecule has 0 saturated heterocycles. The van der Waals surface area contributed by atoms with Crippen molar-refractivity contribution >= 4 is 17.3 Å². The fourth-order valence-electron chi connectivity index (χ4n) is 1.76. The predicted molar refractivity (Wildman–Crippen MR) is 74.8 cm³/mol. The third kappa shape index (κ3) is 3.26. The number of nitro groups is 1. The molecule has 6 heteroatoms. The number of hydrogen-bond acceptors (Lipinski definition) is 4. The molecule has 0 bridgehead atoms. The molecule has 5 nitrogen and oxygen atoms in total. The van der Waals surface area contributed by atoms with Gasteiger partial charge in [-0.15, -0.1) is 0 Å². The maximum atomic E-state index is 11.0. The monoisotopic (exact) mass is 293 g/mol. The Bertz CT molecular complexity index is 630. The van der Waals surface area contributed by atoms with Crippen LogP contribution in [0.2, 0.25) is 5.02 Å². The van der Waals surface area contributed by atoms with Crippen molar-refractivity contribution in [3.63, 3.8) is 0 Å². The summed E-state index contributed by atoms with van der Waals surface area (Å²) in [4.78, 5) is 10.5. The molecule has 0 aliphatic carbocycles. The Balaban J connectivity index is 2.21. The highest BCUT2D eigenvalue weighted by atomic mass is 35.5. The molecular formula is C14H12ClNO4. The van der Waals surface area contributed by atoms with Gasteiger partial charge in [-0.3, -0.25) is 10.1 Å². The van der Waals surface area contributed by atoms with Crippen LogP contribution in [0, 0.1) is 10.1 Å². The summed E-state index contributed by atoms with van der Waals surface area (Å²) < 4.78 is 5.54. The fraction of sp³-hybridized carbons (Fsp3) is 0.143. The Labute approximate surface area is 120 Å². The fourth-order valence-corrected chi connectivity index (χ4v) is 1.93. The highest BCUT2D eigenvalue weighted by Gasteiger charge is 2.15. The number of nitrogens with zero attached hydrogens (tertiary/aromatic N) is 1. The van der Waals surface area contributed by atoms with Crippen LogP contribution in [-0.2, 0) is 13.2 Å². The van der Waals surface area contributed by atoms with Crippen LogP contribution in [0.1, 0.15) is 11.1 Å². The number of halogens is 1. The zero-order valence-corrected chi connectivity index (χ0v) is 11.2. The molecule has 0 radical (unpaired) electrons. The van der Waals surface area contributed by atoms with Crippen LogP contribution in [0.3, 0.4) is 0 Å². The minimum atomic E-state index is -0.497. The molecule has 2 aromatic rings. The average molecular weight is 294 g/mol. The van der Waals surface area contributed by atoms with E-state index < -0.39 is 4.92 Å². The van der Waals surface area contributed by atoms with Gasteiger partial charge >= 0.3 is 0 Å². The van der Waals surface area contributed by atoms with Gasteiger partial charge in [0.2, 0.25) is 0 Å². The molecule has 1 N–H and O–H groups in total. The van der Waals surface area contributed by atoms with Crippen molar-refractivity contribution in [2.45, 2.75) is 13.2 Å². The van der Waals surface area contributed by atoms with E-state index in [1.54, 1.807) is 36.4 Å². The maximum absolute atomic E-state index is 11.0. The lowest BCUT2D eigenvalue weighted by molar-refractivity contribution is -0.385. The topological polar surface area (TPSA) is 72.6 Å². The van der Waals surface area contributed by atoms with Crippen LogP contribution < -0.4 is 4.74 Å². The summed E-state index contributed by atoms with van der Waals surface area (Å²) in [6.45, 7) is -0.122. The van der Waals surface area contributed by atoms with Gasteiger partial charge in [-0.2, -0.15) is 0 Å². The van der Waals surface area contributed by atoms with Crippen molar-refractivity contribution in [3.8, 4) is 5.75 Å². The number of aliphatic hydroxyl groups is 1. The number of hydrogen-bond donors (Lipinski definition) is 1. The van der Waals surface area contributed by atoms with Crippen molar-refractivity contribution in [3.05, 3.63) is 68.7 Å². The lowest BCUT2D eigenvalue weighted by Crippen LogP contribution is -2.02. The third-order valence-corrected chi connectivity index (χ3v) is 3.01. The van der Waals surface area contributed by atoms with E-state index in [0.717, 1.165) is 0 Å². The lowest BCUT2D eigenvalue weighted by Gasteiger charge is -2.10. The van der Waals surface area contributed by atoms with Gasteiger partial charge in [0, 0.05) is 16.7 Å². The smallest absolute Gasteiger partial charge is 0.277 e. The van der Waals surface area contributed by atoms with E-state index in [1.165, 1.54) is 6.07 Å². The molecule has 2 aromatic carbocycles. The van der Waals surface area contributed by atoms with Crippen LogP contribution >= 0.6 is 11.6 Å². The van der Waals surface area contributed by atoms with Gasteiger partial charge in [-0.1, -0.05) is 29.8 Å². The van der Waals surface area contributed by atoms with Crippen molar-refractivity contribution < 1.29 is 14.8 Å². The van der Waals surface area contributed by atoms with Crippen LogP contribution in [0.25, 0.3) is 0 Å². The highest BCUT2D eigenvalue weighted by Crippen LogP contribution is 2.25. The molecular weight excluding hydrogens is 282 g/mol. The molecule has 0 heterocycles. The molecule has 0 atom stereocenters. The van der Waals surface area contributed by atoms with E-state index in [9.17, 15) is 15.2 Å².